The second kappa shape index (κ2) is 6.94. The van der Waals surface area contributed by atoms with Crippen LogP contribution in [-0.2, 0) is 19.9 Å². The number of halogens is 1. The molecule has 1 aromatic heterocycles. The zero-order chi connectivity index (χ0) is 18.8. The molecule has 5 unspecified atom stereocenters. The Bertz CT molecular complexity index is 833. The van der Waals surface area contributed by atoms with Gasteiger partial charge in [0.2, 0.25) is 5.60 Å². The molecule has 1 N–H and O–H groups in total. The molecule has 1 aliphatic heterocycles. The largest absolute Gasteiger partial charge is 1.00 e. The first-order valence-corrected chi connectivity index (χ1v) is 10.5. The Kier molecular flexibility index (Phi) is 4.98. The van der Waals surface area contributed by atoms with Gasteiger partial charge in [0, 0.05) is 5.56 Å². The van der Waals surface area contributed by atoms with E-state index < -0.39 is 11.6 Å². The number of hydrogen-bond acceptors (Lipinski definition) is 5. The number of rotatable bonds is 4. The third-order valence-electron chi connectivity index (χ3n) is 7.00. The summed E-state index contributed by atoms with van der Waals surface area (Å²) in [5.41, 5.74) is -0.431. The van der Waals surface area contributed by atoms with Gasteiger partial charge < -0.3 is 31.6 Å². The summed E-state index contributed by atoms with van der Waals surface area (Å²) in [7, 11) is 0. The van der Waals surface area contributed by atoms with E-state index in [2.05, 4.69) is 13.8 Å². The van der Waals surface area contributed by atoms with E-state index in [1.165, 1.54) is 11.3 Å². The number of aliphatic hydroxyl groups is 1. The Morgan fingerprint density at radius 1 is 1.14 bits per heavy atom. The summed E-state index contributed by atoms with van der Waals surface area (Å²) in [4.78, 5) is 13.2. The maximum Gasteiger partial charge on any atom is 0.347 e. The molecule has 3 aliphatic rings. The van der Waals surface area contributed by atoms with E-state index in [0.29, 0.717) is 35.2 Å². The first kappa shape index (κ1) is 20.1. The van der Waals surface area contributed by atoms with Crippen molar-refractivity contribution in [2.24, 2.45) is 17.3 Å². The van der Waals surface area contributed by atoms with E-state index in [1.807, 2.05) is 29.0 Å². The molecule has 2 saturated carbocycles. The Morgan fingerprint density at radius 3 is 2.36 bits per heavy atom. The van der Waals surface area contributed by atoms with E-state index in [4.69, 9.17) is 9.47 Å². The zero-order valence-electron chi connectivity index (χ0n) is 15.9. The van der Waals surface area contributed by atoms with Crippen LogP contribution in [0.4, 0.5) is 0 Å². The molecule has 1 saturated heterocycles. The molecule has 6 heteroatoms. The minimum Gasteiger partial charge on any atom is -1.00 e. The van der Waals surface area contributed by atoms with Crippen LogP contribution >= 0.6 is 11.3 Å². The third-order valence-corrected chi connectivity index (χ3v) is 7.68. The molecular formula is C22H24BrO4S-. The third kappa shape index (κ3) is 2.88. The van der Waals surface area contributed by atoms with E-state index in [9.17, 15) is 9.90 Å². The van der Waals surface area contributed by atoms with Crippen LogP contribution < -0.4 is 17.0 Å². The molecule has 0 amide bonds. The molecule has 0 radical (unpaired) electrons. The van der Waals surface area contributed by atoms with Crippen molar-refractivity contribution >= 4 is 17.3 Å². The maximum absolute atomic E-state index is 13.2. The molecule has 0 spiro atoms. The van der Waals surface area contributed by atoms with Crippen molar-refractivity contribution in [1.82, 2.24) is 0 Å². The number of ether oxygens (including phenoxy) is 2. The number of epoxide rings is 1. The number of esters is 1. The summed E-state index contributed by atoms with van der Waals surface area (Å²) >= 11 is 1.46. The molecule has 4 nitrogen and oxygen atoms in total. The molecule has 150 valence electrons. The van der Waals surface area contributed by atoms with Gasteiger partial charge in [0.1, 0.15) is 6.10 Å². The number of carbonyl (C=O) groups excluding carboxylic acids is 1. The first-order valence-electron chi connectivity index (χ1n) is 9.59. The first-order chi connectivity index (χ1) is 12.9. The quantitative estimate of drug-likeness (QED) is 0.536. The molecular weight excluding hydrogens is 440 g/mol. The van der Waals surface area contributed by atoms with Gasteiger partial charge in [-0.25, -0.2) is 4.79 Å². The average molecular weight is 464 g/mol. The van der Waals surface area contributed by atoms with Crippen molar-refractivity contribution in [2.75, 3.05) is 0 Å². The highest BCUT2D eigenvalue weighted by atomic mass is 79.9. The molecule has 3 fully saturated rings. The van der Waals surface area contributed by atoms with Gasteiger partial charge in [-0.1, -0.05) is 44.2 Å². The molecule has 2 aliphatic carbocycles. The summed E-state index contributed by atoms with van der Waals surface area (Å²) in [6.07, 6.45) is 2.12. The van der Waals surface area contributed by atoms with Crippen molar-refractivity contribution in [1.29, 1.82) is 0 Å². The second-order valence-electron chi connectivity index (χ2n) is 8.69. The lowest BCUT2D eigenvalue weighted by Crippen LogP contribution is -3.00. The molecule has 5 atom stereocenters. The molecule has 5 rings (SSSR count). The van der Waals surface area contributed by atoms with Crippen molar-refractivity contribution in [3.8, 4) is 0 Å². The number of carbonyl (C=O) groups is 1. The SMILES string of the molecule is CC1(C)C2CC(OC(=O)C(O)(c3ccccc3)c3ccsc3)CC1C1OC12.[Br-]. The number of hydrogen-bond donors (Lipinski definition) is 1. The van der Waals surface area contributed by atoms with E-state index in [1.54, 1.807) is 18.2 Å². The summed E-state index contributed by atoms with van der Waals surface area (Å²) in [5.74, 6) is 0.265. The number of fused-ring (bicyclic) bond motifs is 5. The van der Waals surface area contributed by atoms with Crippen molar-refractivity contribution in [2.45, 2.75) is 50.6 Å². The lowest BCUT2D eigenvalue weighted by molar-refractivity contribution is -0.174. The number of thiophene rings is 1. The topological polar surface area (TPSA) is 59.1 Å². The fourth-order valence-corrected chi connectivity index (χ4v) is 6.03. The van der Waals surface area contributed by atoms with Gasteiger partial charge in [0.25, 0.3) is 0 Å². The van der Waals surface area contributed by atoms with E-state index in [-0.39, 0.29) is 28.5 Å². The number of benzene rings is 1. The highest BCUT2D eigenvalue weighted by Gasteiger charge is 2.68. The standard InChI is InChI=1S/C22H24O4S.BrH/c1-21(2)16-10-15(11-17(21)19-18(16)26-19)25-20(23)22(24,14-8-9-27-12-14)13-6-4-3-5-7-13;/h3-9,12,15-19,24H,10-11H2,1-2H3;1H/p-1. The van der Waals surface area contributed by atoms with Crippen LogP contribution in [-0.4, -0.2) is 29.4 Å². The smallest absolute Gasteiger partial charge is 0.347 e. The van der Waals surface area contributed by atoms with Gasteiger partial charge in [-0.15, -0.1) is 0 Å². The van der Waals surface area contributed by atoms with Crippen LogP contribution in [0.25, 0.3) is 0 Å². The molecule has 2 bridgehead atoms. The summed E-state index contributed by atoms with van der Waals surface area (Å²) in [5, 5.41) is 15.1. The lowest BCUT2D eigenvalue weighted by atomic mass is 9.66. The molecule has 28 heavy (non-hydrogen) atoms. The van der Waals surface area contributed by atoms with Gasteiger partial charge in [0.15, 0.2) is 0 Å². The predicted octanol–water partition coefficient (Wildman–Crippen LogP) is 0.733. The van der Waals surface area contributed by atoms with E-state index >= 15 is 0 Å². The predicted molar refractivity (Wildman–Crippen MR) is 102 cm³/mol. The van der Waals surface area contributed by atoms with Gasteiger partial charge in [-0.05, 0) is 52.5 Å². The highest BCUT2D eigenvalue weighted by molar-refractivity contribution is 7.08. The lowest BCUT2D eigenvalue weighted by Gasteiger charge is -2.43. The van der Waals surface area contributed by atoms with Crippen LogP contribution in [0.5, 0.6) is 0 Å². The Balaban J connectivity index is 0.00000192. The minimum atomic E-state index is -1.77. The van der Waals surface area contributed by atoms with E-state index in [0.717, 1.165) is 12.8 Å². The maximum atomic E-state index is 13.2. The summed E-state index contributed by atoms with van der Waals surface area (Å²) < 4.78 is 11.8. The van der Waals surface area contributed by atoms with Crippen molar-refractivity contribution < 1.29 is 36.4 Å². The Hall–Kier alpha value is -1.21. The molecule has 2 aromatic rings. The van der Waals surface area contributed by atoms with Crippen LogP contribution in [0.3, 0.4) is 0 Å². The molecule has 1 aromatic carbocycles. The van der Waals surface area contributed by atoms with Crippen LogP contribution in [0.15, 0.2) is 47.2 Å². The molecule has 2 heterocycles. The minimum absolute atomic E-state index is 0. The normalized spacial score (nSPS) is 33.9. The average Bonchev–Trinajstić information content (AvgIpc) is 3.20. The summed E-state index contributed by atoms with van der Waals surface area (Å²) in [6.45, 7) is 4.61. The second-order valence-corrected chi connectivity index (χ2v) is 9.47. The fourth-order valence-electron chi connectivity index (χ4n) is 5.33. The van der Waals surface area contributed by atoms with Crippen molar-refractivity contribution in [3.05, 3.63) is 58.3 Å². The zero-order valence-corrected chi connectivity index (χ0v) is 18.3. The van der Waals surface area contributed by atoms with Gasteiger partial charge in [-0.3, -0.25) is 0 Å². The van der Waals surface area contributed by atoms with Gasteiger partial charge >= 0.3 is 5.97 Å². The van der Waals surface area contributed by atoms with Crippen molar-refractivity contribution in [3.63, 3.8) is 0 Å². The van der Waals surface area contributed by atoms with Gasteiger partial charge in [-0.2, -0.15) is 11.3 Å². The summed E-state index contributed by atoms with van der Waals surface area (Å²) in [6, 6.07) is 10.9. The van der Waals surface area contributed by atoms with Crippen LogP contribution in [0, 0.1) is 17.3 Å². The monoisotopic (exact) mass is 463 g/mol. The Labute approximate surface area is 179 Å². The highest BCUT2D eigenvalue weighted by Crippen LogP contribution is 2.63. The van der Waals surface area contributed by atoms with Gasteiger partial charge in [0.05, 0.1) is 12.2 Å². The van der Waals surface area contributed by atoms with Crippen LogP contribution in [0.2, 0.25) is 0 Å². The van der Waals surface area contributed by atoms with Crippen LogP contribution in [0.1, 0.15) is 37.8 Å². The Morgan fingerprint density at radius 2 is 1.79 bits per heavy atom. The fraction of sp³-hybridized carbons (Fsp3) is 0.500.